The summed E-state index contributed by atoms with van der Waals surface area (Å²) in [6.45, 7) is 7.27. The standard InChI is InChI=1S/C18H31N3O2/c1-5-15(6-2)13-21-18(19-3)20-11-12-23-14-16-9-7-8-10-17(16)22-4/h7-10,15H,5-6,11-14H2,1-4H3,(H2,19,20,21). The number of para-hydroxylation sites is 1. The molecular weight excluding hydrogens is 290 g/mol. The minimum Gasteiger partial charge on any atom is -0.496 e. The minimum atomic E-state index is 0.547. The average molecular weight is 321 g/mol. The van der Waals surface area contributed by atoms with Crippen LogP contribution in [0.4, 0.5) is 0 Å². The largest absolute Gasteiger partial charge is 0.496 e. The van der Waals surface area contributed by atoms with Gasteiger partial charge in [0.25, 0.3) is 0 Å². The van der Waals surface area contributed by atoms with Gasteiger partial charge in [0, 0.05) is 25.7 Å². The van der Waals surface area contributed by atoms with Crippen LogP contribution in [0.2, 0.25) is 0 Å². The number of hydrogen-bond acceptors (Lipinski definition) is 3. The molecule has 23 heavy (non-hydrogen) atoms. The number of nitrogens with one attached hydrogen (secondary N) is 2. The average Bonchev–Trinajstić information content (AvgIpc) is 2.60. The molecule has 0 radical (unpaired) electrons. The van der Waals surface area contributed by atoms with Crippen molar-refractivity contribution >= 4 is 5.96 Å². The first-order valence-corrected chi connectivity index (χ1v) is 8.39. The highest BCUT2D eigenvalue weighted by Gasteiger charge is 2.05. The van der Waals surface area contributed by atoms with E-state index in [4.69, 9.17) is 9.47 Å². The van der Waals surface area contributed by atoms with Gasteiger partial charge in [-0.25, -0.2) is 0 Å². The van der Waals surface area contributed by atoms with Gasteiger partial charge in [0.05, 0.1) is 20.3 Å². The Morgan fingerprint density at radius 1 is 1.17 bits per heavy atom. The normalized spacial score (nSPS) is 11.6. The van der Waals surface area contributed by atoms with E-state index in [1.807, 2.05) is 24.3 Å². The van der Waals surface area contributed by atoms with Crippen molar-refractivity contribution in [2.45, 2.75) is 33.3 Å². The molecule has 0 spiro atoms. The maximum Gasteiger partial charge on any atom is 0.191 e. The molecule has 0 saturated carbocycles. The lowest BCUT2D eigenvalue weighted by atomic mass is 10.0. The fraction of sp³-hybridized carbons (Fsp3) is 0.611. The Labute approximate surface area is 140 Å². The molecule has 5 heteroatoms. The van der Waals surface area contributed by atoms with Crippen LogP contribution in [0, 0.1) is 5.92 Å². The van der Waals surface area contributed by atoms with Crippen molar-refractivity contribution in [2.75, 3.05) is 33.9 Å². The van der Waals surface area contributed by atoms with E-state index in [1.165, 1.54) is 12.8 Å². The van der Waals surface area contributed by atoms with Gasteiger partial charge in [-0.15, -0.1) is 0 Å². The highest BCUT2D eigenvalue weighted by atomic mass is 16.5. The summed E-state index contributed by atoms with van der Waals surface area (Å²) in [5.41, 5.74) is 1.06. The van der Waals surface area contributed by atoms with Crippen LogP contribution in [0.25, 0.3) is 0 Å². The molecule has 2 N–H and O–H groups in total. The molecule has 0 unspecified atom stereocenters. The van der Waals surface area contributed by atoms with Crippen LogP contribution in [0.15, 0.2) is 29.3 Å². The Morgan fingerprint density at radius 2 is 1.91 bits per heavy atom. The first-order chi connectivity index (χ1) is 11.2. The van der Waals surface area contributed by atoms with Crippen LogP contribution < -0.4 is 15.4 Å². The zero-order chi connectivity index (χ0) is 16.9. The van der Waals surface area contributed by atoms with Crippen LogP contribution in [0.1, 0.15) is 32.3 Å². The van der Waals surface area contributed by atoms with E-state index in [-0.39, 0.29) is 0 Å². The number of ether oxygens (including phenoxy) is 2. The van der Waals surface area contributed by atoms with Gasteiger partial charge >= 0.3 is 0 Å². The van der Waals surface area contributed by atoms with Crippen LogP contribution in [0.5, 0.6) is 5.75 Å². The highest BCUT2D eigenvalue weighted by Crippen LogP contribution is 2.17. The van der Waals surface area contributed by atoms with Crippen LogP contribution in [-0.2, 0) is 11.3 Å². The molecule has 5 nitrogen and oxygen atoms in total. The van der Waals surface area contributed by atoms with Gasteiger partial charge < -0.3 is 20.1 Å². The van der Waals surface area contributed by atoms with Gasteiger partial charge in [0.1, 0.15) is 5.75 Å². The number of nitrogens with zero attached hydrogens (tertiary/aromatic N) is 1. The first-order valence-electron chi connectivity index (χ1n) is 8.39. The minimum absolute atomic E-state index is 0.547. The first kappa shape index (κ1) is 19.3. The number of benzene rings is 1. The predicted molar refractivity (Wildman–Crippen MR) is 96.1 cm³/mol. The molecule has 0 aliphatic heterocycles. The van der Waals surface area contributed by atoms with Crippen molar-refractivity contribution in [1.29, 1.82) is 0 Å². The molecule has 1 aromatic rings. The third kappa shape index (κ3) is 7.37. The summed E-state index contributed by atoms with van der Waals surface area (Å²) in [5, 5.41) is 6.63. The van der Waals surface area contributed by atoms with E-state index in [0.717, 1.165) is 30.4 Å². The van der Waals surface area contributed by atoms with Gasteiger partial charge in [-0.2, -0.15) is 0 Å². The van der Waals surface area contributed by atoms with E-state index < -0.39 is 0 Å². The molecule has 0 heterocycles. The number of aliphatic imine (C=N–C) groups is 1. The number of hydrogen-bond donors (Lipinski definition) is 2. The predicted octanol–water partition coefficient (Wildman–Crippen LogP) is 2.81. The Kier molecular flexibility index (Phi) is 9.87. The van der Waals surface area contributed by atoms with Crippen LogP contribution in [-0.4, -0.2) is 39.8 Å². The number of rotatable bonds is 10. The Bertz CT molecular complexity index is 459. The summed E-state index contributed by atoms with van der Waals surface area (Å²) < 4.78 is 11.0. The monoisotopic (exact) mass is 321 g/mol. The molecule has 0 atom stereocenters. The van der Waals surface area contributed by atoms with Crippen molar-refractivity contribution in [3.63, 3.8) is 0 Å². The third-order valence-electron chi connectivity index (χ3n) is 3.93. The van der Waals surface area contributed by atoms with Gasteiger partial charge in [-0.3, -0.25) is 4.99 Å². The van der Waals surface area contributed by atoms with E-state index in [1.54, 1.807) is 14.2 Å². The second-order valence-corrected chi connectivity index (χ2v) is 5.43. The molecule has 1 aromatic carbocycles. The lowest BCUT2D eigenvalue weighted by Gasteiger charge is -2.16. The lowest BCUT2D eigenvalue weighted by Crippen LogP contribution is -2.41. The zero-order valence-electron chi connectivity index (χ0n) is 14.9. The topological polar surface area (TPSA) is 54.9 Å². The molecule has 0 bridgehead atoms. The van der Waals surface area contributed by atoms with Crippen molar-refractivity contribution in [1.82, 2.24) is 10.6 Å². The molecule has 0 amide bonds. The number of guanidine groups is 1. The summed E-state index contributed by atoms with van der Waals surface area (Å²) in [4.78, 5) is 4.23. The van der Waals surface area contributed by atoms with E-state index >= 15 is 0 Å². The SMILES string of the molecule is CCC(CC)CNC(=NC)NCCOCc1ccccc1OC. The van der Waals surface area contributed by atoms with Gasteiger partial charge in [0.15, 0.2) is 5.96 Å². The molecule has 0 aliphatic rings. The molecule has 1 rings (SSSR count). The zero-order valence-corrected chi connectivity index (χ0v) is 14.9. The molecule has 130 valence electrons. The van der Waals surface area contributed by atoms with Crippen molar-refractivity contribution in [3.8, 4) is 5.75 Å². The summed E-state index contributed by atoms with van der Waals surface area (Å²) in [5.74, 6) is 2.39. The maximum absolute atomic E-state index is 5.70. The highest BCUT2D eigenvalue weighted by molar-refractivity contribution is 5.79. The van der Waals surface area contributed by atoms with Crippen LogP contribution in [0.3, 0.4) is 0 Å². The Balaban J connectivity index is 2.22. The third-order valence-corrected chi connectivity index (χ3v) is 3.93. The fourth-order valence-corrected chi connectivity index (χ4v) is 2.28. The summed E-state index contributed by atoms with van der Waals surface area (Å²) >= 11 is 0. The van der Waals surface area contributed by atoms with Crippen LogP contribution >= 0.6 is 0 Å². The smallest absolute Gasteiger partial charge is 0.191 e. The fourth-order valence-electron chi connectivity index (χ4n) is 2.28. The van der Waals surface area contributed by atoms with Gasteiger partial charge in [-0.1, -0.05) is 44.9 Å². The number of methoxy groups -OCH3 is 1. The summed E-state index contributed by atoms with van der Waals surface area (Å²) in [6.07, 6.45) is 2.37. The maximum atomic E-state index is 5.70. The molecule has 0 saturated heterocycles. The molecular formula is C18H31N3O2. The van der Waals surface area contributed by atoms with Crippen molar-refractivity contribution in [2.24, 2.45) is 10.9 Å². The molecule has 0 aromatic heterocycles. The van der Waals surface area contributed by atoms with Crippen molar-refractivity contribution < 1.29 is 9.47 Å². The van der Waals surface area contributed by atoms with Gasteiger partial charge in [-0.05, 0) is 12.0 Å². The Morgan fingerprint density at radius 3 is 2.57 bits per heavy atom. The van der Waals surface area contributed by atoms with Gasteiger partial charge in [0.2, 0.25) is 0 Å². The van der Waals surface area contributed by atoms with E-state index in [2.05, 4.69) is 29.5 Å². The van der Waals surface area contributed by atoms with Crippen molar-refractivity contribution in [3.05, 3.63) is 29.8 Å². The van der Waals surface area contributed by atoms with E-state index in [9.17, 15) is 0 Å². The quantitative estimate of drug-likeness (QED) is 0.395. The lowest BCUT2D eigenvalue weighted by molar-refractivity contribution is 0.123. The Hall–Kier alpha value is -1.75. The van der Waals surface area contributed by atoms with E-state index in [0.29, 0.717) is 19.1 Å². The second kappa shape index (κ2) is 11.8. The summed E-state index contributed by atoms with van der Waals surface area (Å²) in [6, 6.07) is 7.91. The molecule has 0 aliphatic carbocycles. The summed E-state index contributed by atoms with van der Waals surface area (Å²) in [7, 11) is 3.47. The second-order valence-electron chi connectivity index (χ2n) is 5.43. The molecule has 0 fully saturated rings.